The van der Waals surface area contributed by atoms with Crippen molar-refractivity contribution in [3.8, 4) is 0 Å². The van der Waals surface area contributed by atoms with Gasteiger partial charge in [-0.2, -0.15) is 4.31 Å². The van der Waals surface area contributed by atoms with Gasteiger partial charge in [0.05, 0.1) is 29.3 Å². The number of amides is 2. The van der Waals surface area contributed by atoms with Crippen LogP contribution in [-0.4, -0.2) is 62.0 Å². The summed E-state index contributed by atoms with van der Waals surface area (Å²) in [5, 5.41) is 0.898. The van der Waals surface area contributed by atoms with Crippen molar-refractivity contribution in [1.29, 1.82) is 0 Å². The van der Waals surface area contributed by atoms with E-state index in [2.05, 4.69) is 0 Å². The number of ether oxygens (including phenoxy) is 1. The molecule has 2 N–H and O–H groups in total. The number of nitrogens with zero attached hydrogens (tertiary/aromatic N) is 3. The van der Waals surface area contributed by atoms with Crippen LogP contribution in [0.4, 0.5) is 5.69 Å². The summed E-state index contributed by atoms with van der Waals surface area (Å²) in [5.74, 6) is -0.653. The molecule has 1 aromatic heterocycles. The molecule has 10 heteroatoms. The molecule has 0 unspecified atom stereocenters. The third-order valence-corrected chi connectivity index (χ3v) is 8.86. The van der Waals surface area contributed by atoms with Crippen molar-refractivity contribution < 1.29 is 22.7 Å². The maximum atomic E-state index is 13.5. The fraction of sp³-hybridized carbons (Fsp3) is 0.333. The van der Waals surface area contributed by atoms with Crippen LogP contribution in [0.15, 0.2) is 47.5 Å². The lowest BCUT2D eigenvalue weighted by atomic mass is 10.0. The minimum Gasteiger partial charge on any atom is -0.379 e. The van der Waals surface area contributed by atoms with Crippen LogP contribution in [0.5, 0.6) is 0 Å². The summed E-state index contributed by atoms with van der Waals surface area (Å²) in [6.45, 7) is 5.68. The number of hydrogen-bond acceptors (Lipinski definition) is 5. The van der Waals surface area contributed by atoms with E-state index in [1.165, 1.54) is 4.31 Å². The fourth-order valence-electron chi connectivity index (χ4n) is 5.20. The number of carbonyl (C=O) groups excluding carboxylic acids is 2. The first-order chi connectivity index (χ1) is 17.8. The van der Waals surface area contributed by atoms with Crippen molar-refractivity contribution in [2.24, 2.45) is 5.73 Å². The van der Waals surface area contributed by atoms with Crippen molar-refractivity contribution in [2.75, 3.05) is 37.7 Å². The second-order valence-corrected chi connectivity index (χ2v) is 11.1. The molecule has 0 spiro atoms. The maximum absolute atomic E-state index is 13.5. The van der Waals surface area contributed by atoms with Gasteiger partial charge in [0.25, 0.3) is 5.91 Å². The number of carbonyl (C=O) groups is 2. The third-order valence-electron chi connectivity index (χ3n) is 6.97. The molecule has 3 aromatic rings. The number of morpholine rings is 1. The zero-order chi connectivity index (χ0) is 26.3. The molecule has 37 heavy (non-hydrogen) atoms. The number of rotatable bonds is 7. The molecule has 3 heterocycles. The fourth-order valence-corrected chi connectivity index (χ4v) is 6.63. The van der Waals surface area contributed by atoms with Gasteiger partial charge in [-0.15, -0.1) is 0 Å². The highest BCUT2D eigenvalue weighted by atomic mass is 32.2. The predicted octanol–water partition coefficient (Wildman–Crippen LogP) is 2.62. The van der Waals surface area contributed by atoms with E-state index in [4.69, 9.17) is 10.5 Å². The summed E-state index contributed by atoms with van der Waals surface area (Å²) in [5.41, 5.74) is 9.91. The number of hydrogen-bond donors (Lipinski definition) is 1. The van der Waals surface area contributed by atoms with Crippen molar-refractivity contribution in [3.05, 3.63) is 59.3 Å². The number of likely N-dealkylation sites (N-methyl/N-ethyl adjacent to an activating group) is 1. The molecule has 1 saturated heterocycles. The van der Waals surface area contributed by atoms with Gasteiger partial charge in [-0.05, 0) is 43.2 Å². The zero-order valence-corrected chi connectivity index (χ0v) is 21.8. The Balaban J connectivity index is 1.66. The average molecular weight is 523 g/mol. The van der Waals surface area contributed by atoms with Crippen LogP contribution in [0.25, 0.3) is 22.6 Å². The topological polar surface area (TPSA) is 115 Å². The molecule has 1 fully saturated rings. The second-order valence-electron chi connectivity index (χ2n) is 9.15. The third kappa shape index (κ3) is 4.35. The number of anilines is 1. The molecule has 2 aliphatic rings. The molecule has 194 valence electrons. The van der Waals surface area contributed by atoms with E-state index >= 15 is 0 Å². The minimum absolute atomic E-state index is 0.0181. The molecular weight excluding hydrogens is 492 g/mol. The Bertz CT molecular complexity index is 1530. The van der Waals surface area contributed by atoms with Gasteiger partial charge >= 0.3 is 0 Å². The number of aromatic nitrogens is 1. The summed E-state index contributed by atoms with van der Waals surface area (Å²) < 4.78 is 35.2. The lowest BCUT2D eigenvalue weighted by molar-refractivity contribution is -0.118. The van der Waals surface area contributed by atoms with Crippen molar-refractivity contribution in [3.63, 3.8) is 0 Å². The van der Waals surface area contributed by atoms with Crippen LogP contribution < -0.4 is 10.6 Å². The van der Waals surface area contributed by atoms with Crippen molar-refractivity contribution in [1.82, 2.24) is 8.87 Å². The number of fused-ring (bicyclic) bond motifs is 2. The van der Waals surface area contributed by atoms with E-state index < -0.39 is 15.9 Å². The number of primary amides is 1. The van der Waals surface area contributed by atoms with E-state index in [0.29, 0.717) is 49.7 Å². The van der Waals surface area contributed by atoms with Crippen molar-refractivity contribution >= 4 is 50.1 Å². The van der Waals surface area contributed by atoms with Gasteiger partial charge in [0.1, 0.15) is 6.54 Å². The summed E-state index contributed by atoms with van der Waals surface area (Å²) in [6, 6.07) is 10.8. The summed E-state index contributed by atoms with van der Waals surface area (Å²) >= 11 is 0. The highest BCUT2D eigenvalue weighted by Crippen LogP contribution is 2.40. The predicted molar refractivity (Wildman–Crippen MR) is 142 cm³/mol. The smallest absolute Gasteiger partial charge is 0.258 e. The van der Waals surface area contributed by atoms with Gasteiger partial charge < -0.3 is 19.9 Å². The molecule has 2 aliphatic heterocycles. The first kappa shape index (κ1) is 25.2. The van der Waals surface area contributed by atoms with Crippen molar-refractivity contribution in [2.45, 2.75) is 31.7 Å². The number of aryl methyl sites for hydroxylation is 1. The molecule has 2 amide bonds. The lowest BCUT2D eigenvalue weighted by Crippen LogP contribution is -2.40. The first-order valence-electron chi connectivity index (χ1n) is 12.4. The Morgan fingerprint density at radius 3 is 2.57 bits per heavy atom. The number of para-hydroxylation sites is 1. The van der Waals surface area contributed by atoms with Crippen LogP contribution in [0, 0.1) is 0 Å². The van der Waals surface area contributed by atoms with Crippen LogP contribution in [0.2, 0.25) is 0 Å². The Labute approximate surface area is 216 Å². The Hall–Kier alpha value is -3.47. The van der Waals surface area contributed by atoms with E-state index in [1.54, 1.807) is 29.2 Å². The quantitative estimate of drug-likeness (QED) is 0.479. The molecule has 9 nitrogen and oxygen atoms in total. The van der Waals surface area contributed by atoms with E-state index in [0.717, 1.165) is 28.5 Å². The maximum Gasteiger partial charge on any atom is 0.258 e. The van der Waals surface area contributed by atoms with Gasteiger partial charge in [0.2, 0.25) is 15.9 Å². The molecule has 5 rings (SSSR count). The van der Waals surface area contributed by atoms with E-state index in [1.807, 2.05) is 42.8 Å². The van der Waals surface area contributed by atoms with E-state index in [9.17, 15) is 18.0 Å². The van der Waals surface area contributed by atoms with Crippen LogP contribution >= 0.6 is 0 Å². The molecular formula is C27H30N4O5S. The van der Waals surface area contributed by atoms with Crippen LogP contribution in [-0.2, 0) is 37.3 Å². The summed E-state index contributed by atoms with van der Waals surface area (Å²) in [6.07, 6.45) is 4.39. The Morgan fingerprint density at radius 2 is 1.89 bits per heavy atom. The van der Waals surface area contributed by atoms with Gasteiger partial charge in [-0.3, -0.25) is 9.59 Å². The zero-order valence-electron chi connectivity index (χ0n) is 20.9. The van der Waals surface area contributed by atoms with Gasteiger partial charge in [-0.1, -0.05) is 25.1 Å². The molecule has 0 atom stereocenters. The summed E-state index contributed by atoms with van der Waals surface area (Å²) in [4.78, 5) is 27.1. The average Bonchev–Trinajstić information content (AvgIpc) is 3.37. The normalized spacial score (nSPS) is 17.6. The van der Waals surface area contributed by atoms with Crippen LogP contribution in [0.3, 0.4) is 0 Å². The van der Waals surface area contributed by atoms with Gasteiger partial charge in [0, 0.05) is 47.9 Å². The van der Waals surface area contributed by atoms with E-state index in [-0.39, 0.29) is 17.3 Å². The SMILES string of the molecule is CCc1cccc2c(/C=C3\C(=O)N(CC)c4ccc(S(=O)(=O)N5CCOCC5)cc43)cn(CC(N)=O)c12. The molecule has 0 aliphatic carbocycles. The largest absolute Gasteiger partial charge is 0.379 e. The molecule has 0 radical (unpaired) electrons. The number of sulfonamides is 1. The highest BCUT2D eigenvalue weighted by molar-refractivity contribution is 7.89. The van der Waals surface area contributed by atoms with Crippen LogP contribution in [0.1, 0.15) is 30.5 Å². The Kier molecular flexibility index (Phi) is 6.65. The standard InChI is InChI=1S/C27H30N4O5S/c1-3-18-6-5-7-21-19(16-29(26(18)21)17-25(28)32)14-23-22-15-20(8-9-24(22)31(4-2)27(23)33)37(34,35)30-10-12-36-13-11-30/h5-9,14-16H,3-4,10-13,17H2,1-2H3,(H2,28,32)/b23-14-. The second kappa shape index (κ2) is 9.77. The summed E-state index contributed by atoms with van der Waals surface area (Å²) in [7, 11) is -3.73. The number of benzene rings is 2. The Morgan fingerprint density at radius 1 is 1.14 bits per heavy atom. The molecule has 0 saturated carbocycles. The van der Waals surface area contributed by atoms with Gasteiger partial charge in [-0.25, -0.2) is 8.42 Å². The number of nitrogens with two attached hydrogens (primary N) is 1. The molecule has 0 bridgehead atoms. The first-order valence-corrected chi connectivity index (χ1v) is 13.8. The monoisotopic (exact) mass is 522 g/mol. The minimum atomic E-state index is -3.73. The molecule has 2 aromatic carbocycles. The van der Waals surface area contributed by atoms with Gasteiger partial charge in [0.15, 0.2) is 0 Å². The highest BCUT2D eigenvalue weighted by Gasteiger charge is 2.34. The lowest BCUT2D eigenvalue weighted by Gasteiger charge is -2.26.